The van der Waals surface area contributed by atoms with Gasteiger partial charge < -0.3 is 10.6 Å². The van der Waals surface area contributed by atoms with E-state index < -0.39 is 0 Å². The number of hydrogen-bond donors (Lipinski definition) is 2. The van der Waals surface area contributed by atoms with Gasteiger partial charge in [0.2, 0.25) is 0 Å². The van der Waals surface area contributed by atoms with Gasteiger partial charge in [-0.25, -0.2) is 4.79 Å². The van der Waals surface area contributed by atoms with E-state index in [1.165, 1.54) is 4.88 Å². The summed E-state index contributed by atoms with van der Waals surface area (Å²) in [5.74, 6) is 0. The zero-order valence-electron chi connectivity index (χ0n) is 11.8. The first-order valence-corrected chi connectivity index (χ1v) is 8.06. The van der Waals surface area contributed by atoms with Gasteiger partial charge >= 0.3 is 6.03 Å². The lowest BCUT2D eigenvalue weighted by Gasteiger charge is -2.31. The van der Waals surface area contributed by atoms with Crippen molar-refractivity contribution in [1.29, 1.82) is 0 Å². The van der Waals surface area contributed by atoms with E-state index in [1.807, 2.05) is 12.1 Å². The van der Waals surface area contributed by atoms with Gasteiger partial charge in [0.05, 0.1) is 0 Å². The molecule has 0 unspecified atom stereocenters. The van der Waals surface area contributed by atoms with Gasteiger partial charge in [0.25, 0.3) is 0 Å². The van der Waals surface area contributed by atoms with Crippen LogP contribution in [0, 0.1) is 0 Å². The van der Waals surface area contributed by atoms with Crippen LogP contribution in [0.2, 0.25) is 0 Å². The van der Waals surface area contributed by atoms with Crippen molar-refractivity contribution in [2.24, 2.45) is 0 Å². The Kier molecular flexibility index (Phi) is 6.08. The molecule has 2 amide bonds. The summed E-state index contributed by atoms with van der Waals surface area (Å²) in [6.45, 7) is 7.46. The number of amides is 2. The van der Waals surface area contributed by atoms with Gasteiger partial charge in [0.15, 0.2) is 0 Å². The molecule has 5 heteroatoms. The van der Waals surface area contributed by atoms with E-state index in [0.717, 1.165) is 38.9 Å². The van der Waals surface area contributed by atoms with Crippen LogP contribution in [0.15, 0.2) is 30.2 Å². The molecule has 110 valence electrons. The van der Waals surface area contributed by atoms with Crippen molar-refractivity contribution in [2.75, 3.05) is 26.2 Å². The molecule has 1 aliphatic heterocycles. The number of carbonyl (C=O) groups is 1. The van der Waals surface area contributed by atoms with E-state index in [-0.39, 0.29) is 6.03 Å². The summed E-state index contributed by atoms with van der Waals surface area (Å²) >= 11 is 1.73. The molecule has 0 aliphatic carbocycles. The number of nitrogens with one attached hydrogen (secondary N) is 2. The lowest BCUT2D eigenvalue weighted by Crippen LogP contribution is -2.48. The molecule has 0 atom stereocenters. The average Bonchev–Trinajstić information content (AvgIpc) is 2.94. The third-order valence-corrected chi connectivity index (χ3v) is 4.48. The maximum absolute atomic E-state index is 11.8. The Morgan fingerprint density at radius 3 is 2.95 bits per heavy atom. The molecule has 2 rings (SSSR count). The quantitative estimate of drug-likeness (QED) is 0.790. The highest BCUT2D eigenvalue weighted by molar-refractivity contribution is 7.09. The van der Waals surface area contributed by atoms with Crippen molar-refractivity contribution in [2.45, 2.75) is 25.3 Å². The Morgan fingerprint density at radius 2 is 2.30 bits per heavy atom. The molecule has 1 aliphatic rings. The van der Waals surface area contributed by atoms with Gasteiger partial charge in [0.1, 0.15) is 0 Å². The minimum atomic E-state index is -0.0382. The van der Waals surface area contributed by atoms with Gasteiger partial charge in [0, 0.05) is 37.1 Å². The fourth-order valence-corrected chi connectivity index (χ4v) is 3.14. The summed E-state index contributed by atoms with van der Waals surface area (Å²) in [6, 6.07) is 4.40. The van der Waals surface area contributed by atoms with Crippen molar-refractivity contribution in [1.82, 2.24) is 15.5 Å². The number of carbonyl (C=O) groups excluding carboxylic acids is 1. The summed E-state index contributed by atoms with van der Waals surface area (Å²) in [5.41, 5.74) is 0. The molecule has 1 aromatic rings. The van der Waals surface area contributed by atoms with Gasteiger partial charge in [-0.1, -0.05) is 12.1 Å². The summed E-state index contributed by atoms with van der Waals surface area (Å²) in [5, 5.41) is 8.06. The lowest BCUT2D eigenvalue weighted by molar-refractivity contribution is 0.204. The lowest BCUT2D eigenvalue weighted by atomic mass is 10.1. The van der Waals surface area contributed by atoms with Crippen molar-refractivity contribution < 1.29 is 4.79 Å². The highest BCUT2D eigenvalue weighted by Crippen LogP contribution is 2.10. The first kappa shape index (κ1) is 15.1. The summed E-state index contributed by atoms with van der Waals surface area (Å²) in [7, 11) is 0. The number of urea groups is 1. The Bertz CT molecular complexity index is 411. The SMILES string of the molecule is C=CCN1CCC(NC(=O)NCCc2cccs2)CC1. The predicted molar refractivity (Wildman–Crippen MR) is 84.2 cm³/mol. The van der Waals surface area contributed by atoms with Gasteiger partial charge in [-0.3, -0.25) is 4.90 Å². The minimum absolute atomic E-state index is 0.0382. The third-order valence-electron chi connectivity index (χ3n) is 3.55. The minimum Gasteiger partial charge on any atom is -0.338 e. The predicted octanol–water partition coefficient (Wildman–Crippen LogP) is 2.24. The molecular weight excluding hydrogens is 270 g/mol. The van der Waals surface area contributed by atoms with Crippen LogP contribution in [-0.2, 0) is 6.42 Å². The fraction of sp³-hybridized carbons (Fsp3) is 0.533. The van der Waals surface area contributed by atoms with Gasteiger partial charge in [-0.05, 0) is 30.7 Å². The molecule has 4 nitrogen and oxygen atoms in total. The zero-order valence-corrected chi connectivity index (χ0v) is 12.6. The number of nitrogens with zero attached hydrogens (tertiary/aromatic N) is 1. The van der Waals surface area contributed by atoms with Crippen LogP contribution < -0.4 is 10.6 Å². The van der Waals surface area contributed by atoms with Crippen molar-refractivity contribution in [3.05, 3.63) is 35.0 Å². The average molecular weight is 293 g/mol. The molecule has 1 fully saturated rings. The zero-order chi connectivity index (χ0) is 14.2. The summed E-state index contributed by atoms with van der Waals surface area (Å²) in [4.78, 5) is 15.5. The molecule has 0 bridgehead atoms. The molecule has 2 heterocycles. The highest BCUT2D eigenvalue weighted by atomic mass is 32.1. The van der Waals surface area contributed by atoms with Crippen LogP contribution >= 0.6 is 11.3 Å². The van der Waals surface area contributed by atoms with Crippen LogP contribution in [0.4, 0.5) is 4.79 Å². The van der Waals surface area contributed by atoms with Crippen LogP contribution in [-0.4, -0.2) is 43.2 Å². The Morgan fingerprint density at radius 1 is 1.50 bits per heavy atom. The Labute approximate surface area is 124 Å². The van der Waals surface area contributed by atoms with Crippen molar-refractivity contribution in [3.8, 4) is 0 Å². The second-order valence-electron chi connectivity index (χ2n) is 5.09. The third kappa shape index (κ3) is 4.98. The van der Waals surface area contributed by atoms with Crippen LogP contribution in [0.5, 0.6) is 0 Å². The number of hydrogen-bond acceptors (Lipinski definition) is 3. The van der Waals surface area contributed by atoms with E-state index in [9.17, 15) is 4.79 Å². The smallest absolute Gasteiger partial charge is 0.315 e. The van der Waals surface area contributed by atoms with Gasteiger partial charge in [-0.15, -0.1) is 17.9 Å². The van der Waals surface area contributed by atoms with Crippen LogP contribution in [0.3, 0.4) is 0 Å². The number of piperidine rings is 1. The van der Waals surface area contributed by atoms with Crippen molar-refractivity contribution >= 4 is 17.4 Å². The van der Waals surface area contributed by atoms with E-state index in [2.05, 4.69) is 33.6 Å². The second kappa shape index (κ2) is 8.07. The standard InChI is InChI=1S/C15H23N3OS/c1-2-9-18-10-6-13(7-11-18)17-15(19)16-8-5-14-4-3-12-20-14/h2-4,12-13H,1,5-11H2,(H2,16,17,19). The monoisotopic (exact) mass is 293 g/mol. The molecule has 0 saturated carbocycles. The van der Waals surface area contributed by atoms with Gasteiger partial charge in [-0.2, -0.15) is 0 Å². The molecule has 1 saturated heterocycles. The molecule has 20 heavy (non-hydrogen) atoms. The number of rotatable bonds is 6. The van der Waals surface area contributed by atoms with E-state index in [1.54, 1.807) is 11.3 Å². The first-order valence-electron chi connectivity index (χ1n) is 7.18. The number of likely N-dealkylation sites (tertiary alicyclic amines) is 1. The van der Waals surface area contributed by atoms with E-state index in [4.69, 9.17) is 0 Å². The van der Waals surface area contributed by atoms with Crippen molar-refractivity contribution in [3.63, 3.8) is 0 Å². The summed E-state index contributed by atoms with van der Waals surface area (Å²) in [6.07, 6.45) is 4.88. The highest BCUT2D eigenvalue weighted by Gasteiger charge is 2.19. The Hall–Kier alpha value is -1.33. The van der Waals surface area contributed by atoms with Crippen LogP contribution in [0.1, 0.15) is 17.7 Å². The molecule has 0 radical (unpaired) electrons. The second-order valence-corrected chi connectivity index (χ2v) is 6.13. The maximum atomic E-state index is 11.8. The molecule has 0 aromatic carbocycles. The molecule has 0 spiro atoms. The molecule has 2 N–H and O–H groups in total. The fourth-order valence-electron chi connectivity index (χ4n) is 2.43. The molecular formula is C15H23N3OS. The van der Waals surface area contributed by atoms with E-state index >= 15 is 0 Å². The molecule has 1 aromatic heterocycles. The van der Waals surface area contributed by atoms with Crippen LogP contribution in [0.25, 0.3) is 0 Å². The number of thiophene rings is 1. The van der Waals surface area contributed by atoms with E-state index in [0.29, 0.717) is 12.6 Å². The first-order chi connectivity index (χ1) is 9.78. The Balaban J connectivity index is 1.59. The largest absolute Gasteiger partial charge is 0.338 e. The topological polar surface area (TPSA) is 44.4 Å². The summed E-state index contributed by atoms with van der Waals surface area (Å²) < 4.78 is 0. The normalized spacial score (nSPS) is 16.8. The maximum Gasteiger partial charge on any atom is 0.315 e.